The van der Waals surface area contributed by atoms with Crippen LogP contribution in [0.2, 0.25) is 0 Å². The summed E-state index contributed by atoms with van der Waals surface area (Å²) in [4.78, 5) is 58.3. The molecule has 0 aromatic heterocycles. The number of carbonyl (C=O) groups is 4. The van der Waals surface area contributed by atoms with Crippen LogP contribution >= 0.6 is 0 Å². The Balaban J connectivity index is 1.14. The minimum Gasteiger partial charge on any atom is -0.274 e. The number of allylic oxidation sites excluding steroid dienone is 4. The highest BCUT2D eigenvalue weighted by Gasteiger charge is 2.61. The quantitative estimate of drug-likeness (QED) is 0.475. The molecule has 3 saturated carbocycles. The molecule has 8 atom stereocenters. The van der Waals surface area contributed by atoms with Gasteiger partial charge in [-0.15, -0.1) is 0 Å². The molecule has 0 unspecified atom stereocenters. The Bertz CT molecular complexity index is 867. The fraction of sp³-hybridized carbons (Fsp3) is 0.692. The molecule has 2 aliphatic heterocycles. The number of rotatable bonds is 5. The van der Waals surface area contributed by atoms with Crippen molar-refractivity contribution >= 4 is 23.6 Å². The summed E-state index contributed by atoms with van der Waals surface area (Å²) < 4.78 is 0. The minimum absolute atomic E-state index is 0.0548. The maximum absolute atomic E-state index is 13.3. The van der Waals surface area contributed by atoms with Gasteiger partial charge in [-0.25, -0.2) is 0 Å². The third-order valence-electron chi connectivity index (χ3n) is 9.86. The highest BCUT2D eigenvalue weighted by Crippen LogP contribution is 2.54. The Labute approximate surface area is 193 Å². The molecule has 7 heteroatoms. The molecule has 7 aliphatic rings. The first-order chi connectivity index (χ1) is 16.0. The Morgan fingerprint density at radius 1 is 0.606 bits per heavy atom. The number of hydrogen-bond donors (Lipinski definition) is 0. The van der Waals surface area contributed by atoms with Gasteiger partial charge in [0.25, 0.3) is 0 Å². The van der Waals surface area contributed by atoms with E-state index in [1.54, 1.807) is 0 Å². The molecule has 2 heterocycles. The van der Waals surface area contributed by atoms with Gasteiger partial charge in [0, 0.05) is 6.04 Å². The predicted octanol–water partition coefficient (Wildman–Crippen LogP) is 2.15. The van der Waals surface area contributed by atoms with Crippen molar-refractivity contribution in [2.75, 3.05) is 13.3 Å². The van der Waals surface area contributed by atoms with Gasteiger partial charge in [0.2, 0.25) is 23.6 Å². The van der Waals surface area contributed by atoms with Crippen LogP contribution in [0, 0.1) is 47.3 Å². The summed E-state index contributed by atoms with van der Waals surface area (Å²) in [7, 11) is 0. The van der Waals surface area contributed by atoms with Crippen LogP contribution in [0.15, 0.2) is 24.3 Å². The number of amides is 4. The topological polar surface area (TPSA) is 78.0 Å². The van der Waals surface area contributed by atoms with E-state index in [4.69, 9.17) is 0 Å². The molecule has 0 spiro atoms. The predicted molar refractivity (Wildman–Crippen MR) is 118 cm³/mol. The van der Waals surface area contributed by atoms with Crippen LogP contribution < -0.4 is 0 Å². The van der Waals surface area contributed by atoms with E-state index in [2.05, 4.69) is 29.2 Å². The summed E-state index contributed by atoms with van der Waals surface area (Å²) in [5.74, 6) is -0.310. The summed E-state index contributed by atoms with van der Waals surface area (Å²) >= 11 is 0. The van der Waals surface area contributed by atoms with Crippen molar-refractivity contribution in [3.05, 3.63) is 24.3 Å². The van der Waals surface area contributed by atoms with Crippen LogP contribution in [0.5, 0.6) is 0 Å². The van der Waals surface area contributed by atoms with Gasteiger partial charge in [-0.2, -0.15) is 0 Å². The Morgan fingerprint density at radius 2 is 0.970 bits per heavy atom. The smallest absolute Gasteiger partial charge is 0.234 e. The number of fused-ring (bicyclic) bond motifs is 10. The zero-order valence-corrected chi connectivity index (χ0v) is 18.8. The summed E-state index contributed by atoms with van der Waals surface area (Å²) in [6.45, 7) is 0.401. The molecule has 0 aromatic carbocycles. The molecular formula is C26H31N3O4. The molecule has 0 aromatic rings. The van der Waals surface area contributed by atoms with E-state index >= 15 is 0 Å². The molecule has 0 N–H and O–H groups in total. The van der Waals surface area contributed by atoms with Gasteiger partial charge in [-0.05, 0) is 49.4 Å². The van der Waals surface area contributed by atoms with Crippen molar-refractivity contribution in [3.8, 4) is 0 Å². The highest BCUT2D eigenvalue weighted by atomic mass is 16.2. The molecule has 0 radical (unpaired) electrons. The van der Waals surface area contributed by atoms with Crippen LogP contribution in [-0.2, 0) is 19.2 Å². The fourth-order valence-corrected chi connectivity index (χ4v) is 8.29. The van der Waals surface area contributed by atoms with Crippen molar-refractivity contribution < 1.29 is 19.2 Å². The molecule has 5 fully saturated rings. The van der Waals surface area contributed by atoms with Crippen molar-refractivity contribution in [1.82, 2.24) is 14.7 Å². The van der Waals surface area contributed by atoms with E-state index in [-0.39, 0.29) is 90.4 Å². The maximum atomic E-state index is 13.3. The first-order valence-corrected chi connectivity index (χ1v) is 12.8. The van der Waals surface area contributed by atoms with Crippen LogP contribution in [0.3, 0.4) is 0 Å². The lowest BCUT2D eigenvalue weighted by Gasteiger charge is -2.38. The van der Waals surface area contributed by atoms with Crippen molar-refractivity contribution in [1.29, 1.82) is 0 Å². The molecule has 2 saturated heterocycles. The summed E-state index contributed by atoms with van der Waals surface area (Å²) in [6, 6.07) is 0.186. The lowest BCUT2D eigenvalue weighted by Crippen LogP contribution is -2.52. The van der Waals surface area contributed by atoms with Gasteiger partial charge < -0.3 is 0 Å². The van der Waals surface area contributed by atoms with Crippen LogP contribution in [0.1, 0.15) is 44.9 Å². The third kappa shape index (κ3) is 2.71. The van der Waals surface area contributed by atoms with Gasteiger partial charge in [0.05, 0.1) is 37.0 Å². The van der Waals surface area contributed by atoms with E-state index in [0.29, 0.717) is 0 Å². The first kappa shape index (κ1) is 20.1. The Kier molecular flexibility index (Phi) is 4.34. The normalized spacial score (nSPS) is 43.2. The fourth-order valence-electron chi connectivity index (χ4n) is 8.29. The van der Waals surface area contributed by atoms with Gasteiger partial charge >= 0.3 is 0 Å². The lowest BCUT2D eigenvalue weighted by atomic mass is 9.85. The zero-order chi connectivity index (χ0) is 22.4. The second kappa shape index (κ2) is 7.11. The van der Waals surface area contributed by atoms with Crippen molar-refractivity contribution in [2.24, 2.45) is 47.3 Å². The van der Waals surface area contributed by atoms with E-state index in [9.17, 15) is 19.2 Å². The molecule has 33 heavy (non-hydrogen) atoms. The van der Waals surface area contributed by atoms with E-state index in [0.717, 1.165) is 38.5 Å². The van der Waals surface area contributed by atoms with Crippen molar-refractivity contribution in [2.45, 2.75) is 51.0 Å². The second-order valence-corrected chi connectivity index (χ2v) is 11.4. The average Bonchev–Trinajstić information content (AvgIpc) is 3.66. The number of nitrogens with zero attached hydrogens (tertiary/aromatic N) is 3. The number of carbonyl (C=O) groups excluding carboxylic acids is 4. The molecule has 4 bridgehead atoms. The molecule has 7 rings (SSSR count). The monoisotopic (exact) mass is 449 g/mol. The minimum atomic E-state index is -0.211. The van der Waals surface area contributed by atoms with Crippen molar-refractivity contribution in [3.63, 3.8) is 0 Å². The van der Waals surface area contributed by atoms with E-state index in [1.807, 2.05) is 0 Å². The second-order valence-electron chi connectivity index (χ2n) is 11.4. The maximum Gasteiger partial charge on any atom is 0.234 e. The third-order valence-corrected chi connectivity index (χ3v) is 9.86. The van der Waals surface area contributed by atoms with Gasteiger partial charge in [-0.3, -0.25) is 33.9 Å². The zero-order valence-electron chi connectivity index (χ0n) is 18.8. The average molecular weight is 450 g/mol. The SMILES string of the molecule is O=C1[C@@H]2[C@H](C(=O)N1CN(CN1C(=O)[C@@H]3[C@H](C1=O)[C@H]1C=C[C@H]3C1)C1CCCCC1)[C@H]1C=C[C@H]2C1. The highest BCUT2D eigenvalue weighted by molar-refractivity contribution is 6.07. The largest absolute Gasteiger partial charge is 0.274 e. The van der Waals surface area contributed by atoms with Crippen LogP contribution in [0.25, 0.3) is 0 Å². The van der Waals surface area contributed by atoms with Gasteiger partial charge in [0.15, 0.2) is 0 Å². The molecule has 7 nitrogen and oxygen atoms in total. The number of hydrogen-bond acceptors (Lipinski definition) is 5. The van der Waals surface area contributed by atoms with Gasteiger partial charge in [-0.1, -0.05) is 43.6 Å². The van der Waals surface area contributed by atoms with Crippen LogP contribution in [0.4, 0.5) is 0 Å². The van der Waals surface area contributed by atoms with E-state index < -0.39 is 0 Å². The summed E-state index contributed by atoms with van der Waals surface area (Å²) in [6.07, 6.45) is 15.6. The summed E-state index contributed by atoms with van der Waals surface area (Å²) in [5, 5.41) is 0. The Hall–Kier alpha value is -2.28. The number of imide groups is 2. The molecule has 4 amide bonds. The van der Waals surface area contributed by atoms with E-state index in [1.165, 1.54) is 16.2 Å². The summed E-state index contributed by atoms with van der Waals surface area (Å²) in [5.41, 5.74) is 0. The molecular weight excluding hydrogens is 418 g/mol. The standard InChI is InChI=1S/C26H31N3O4/c30-23-19-14-6-7-15(10-14)20(19)24(31)28(23)12-27(18-4-2-1-3-5-18)13-29-25(32)21-16-8-9-17(11-16)22(21)26(29)33/h6-9,14-22H,1-5,10-13H2/t14-,15-,16-,17-,19-,20+,21-,22+/m0/s1. The first-order valence-electron chi connectivity index (χ1n) is 12.8. The number of likely N-dealkylation sites (tertiary alicyclic amines) is 2. The molecule has 5 aliphatic carbocycles. The Morgan fingerprint density at radius 3 is 1.33 bits per heavy atom. The molecule has 174 valence electrons. The van der Waals surface area contributed by atoms with Crippen LogP contribution in [-0.4, -0.2) is 57.7 Å². The lowest BCUT2D eigenvalue weighted by molar-refractivity contribution is -0.147. The van der Waals surface area contributed by atoms with Gasteiger partial charge in [0.1, 0.15) is 0 Å².